The van der Waals surface area contributed by atoms with E-state index in [4.69, 9.17) is 48.9 Å². The molecule has 3 atom stereocenters. The van der Waals surface area contributed by atoms with E-state index in [9.17, 15) is 17.8 Å². The third kappa shape index (κ3) is 15.0. The number of alkyl halides is 2. The van der Waals surface area contributed by atoms with Crippen LogP contribution in [0.5, 0.6) is 0 Å². The maximum atomic E-state index is 12.8. The second kappa shape index (κ2) is 16.9. The molecule has 16 heteroatoms. The molecule has 0 aromatic carbocycles. The van der Waals surface area contributed by atoms with Crippen LogP contribution in [-0.2, 0) is 24.0 Å². The van der Waals surface area contributed by atoms with Crippen LogP contribution in [0.15, 0.2) is 0 Å². The Balaban J connectivity index is 0.000000759. The minimum absolute atomic E-state index is 0.209. The van der Waals surface area contributed by atoms with E-state index in [1.165, 1.54) is 11.8 Å². The highest BCUT2D eigenvalue weighted by Crippen LogP contribution is 2.50. The van der Waals surface area contributed by atoms with Gasteiger partial charge in [-0.3, -0.25) is 13.9 Å². The van der Waals surface area contributed by atoms with Crippen LogP contribution in [0.2, 0.25) is 0 Å². The van der Waals surface area contributed by atoms with E-state index in [0.29, 0.717) is 50.8 Å². The number of aliphatic carboxylic acids is 1. The molecule has 7 N–H and O–H groups in total. The van der Waals surface area contributed by atoms with Gasteiger partial charge in [-0.25, -0.2) is 9.76 Å². The number of nitrogens with two attached hydrogens (primary N) is 2. The van der Waals surface area contributed by atoms with E-state index >= 15 is 0 Å². The Morgan fingerprint density at radius 3 is 2.42 bits per heavy atom. The lowest BCUT2D eigenvalue weighted by atomic mass is 10.1. The maximum Gasteiger partial charge on any atom is 0.344 e. The summed E-state index contributed by atoms with van der Waals surface area (Å²) in [5, 5.41) is 11.0. The number of nitrogens with one attached hydrogen (secondary N) is 1. The molecule has 1 saturated heterocycles. The Kier molecular flexibility index (Phi) is 17.1. The molecule has 0 saturated carbocycles. The minimum Gasteiger partial charge on any atom is -0.480 e. The summed E-state index contributed by atoms with van der Waals surface area (Å²) in [6.07, 6.45) is 2.76. The third-order valence-electron chi connectivity index (χ3n) is 3.96. The monoisotopic (exact) mass is 546 g/mol. The van der Waals surface area contributed by atoms with E-state index in [1.54, 1.807) is 4.67 Å². The second-order valence-electron chi connectivity index (χ2n) is 6.48. The van der Waals surface area contributed by atoms with Gasteiger partial charge in [0.15, 0.2) is 0 Å². The summed E-state index contributed by atoms with van der Waals surface area (Å²) in [7, 11) is -7.19. The minimum atomic E-state index is -3.98. The molecule has 0 radical (unpaired) electrons. The van der Waals surface area contributed by atoms with E-state index < -0.39 is 29.8 Å². The summed E-state index contributed by atoms with van der Waals surface area (Å²) in [5.74, 6) is -0.466. The van der Waals surface area contributed by atoms with Crippen LogP contribution in [0.4, 0.5) is 0 Å². The largest absolute Gasteiger partial charge is 0.480 e. The summed E-state index contributed by atoms with van der Waals surface area (Å²) in [4.78, 5) is 10.1. The van der Waals surface area contributed by atoms with Crippen molar-refractivity contribution in [2.75, 3.05) is 49.5 Å². The lowest BCUT2D eigenvalue weighted by Crippen LogP contribution is -2.40. The zero-order chi connectivity index (χ0) is 23.9. The molecule has 0 aromatic heterocycles. The van der Waals surface area contributed by atoms with E-state index in [1.807, 2.05) is 0 Å². The number of hydrogen-bond acceptors (Lipinski definition) is 8. The number of halogens is 2. The van der Waals surface area contributed by atoms with Gasteiger partial charge in [-0.05, 0) is 25.8 Å². The van der Waals surface area contributed by atoms with Crippen molar-refractivity contribution < 1.29 is 32.0 Å². The number of carboxylic acids is 1. The highest BCUT2D eigenvalue weighted by atomic mass is 35.5. The zero-order valence-electron chi connectivity index (χ0n) is 17.2. The lowest BCUT2D eigenvalue weighted by Gasteiger charge is -2.36. The van der Waals surface area contributed by atoms with Crippen molar-refractivity contribution in [3.63, 3.8) is 0 Å². The molecule has 0 amide bonds. The molecule has 11 nitrogen and oxygen atoms in total. The molecular formula is C15H33Cl2N4O7PS2. The molecule has 31 heavy (non-hydrogen) atoms. The highest BCUT2D eigenvalue weighted by molar-refractivity contribution is 8.01. The average molecular weight is 547 g/mol. The zero-order valence-corrected chi connectivity index (χ0v) is 21.2. The van der Waals surface area contributed by atoms with Crippen LogP contribution in [0.3, 0.4) is 0 Å². The highest BCUT2D eigenvalue weighted by Gasteiger charge is 2.37. The molecule has 1 aliphatic rings. The average Bonchev–Trinajstić information content (AvgIpc) is 2.67. The molecular weight excluding hydrogens is 514 g/mol. The van der Waals surface area contributed by atoms with Crippen molar-refractivity contribution in [3.05, 3.63) is 0 Å². The third-order valence-corrected chi connectivity index (χ3v) is 8.96. The van der Waals surface area contributed by atoms with Crippen LogP contribution in [-0.4, -0.2) is 89.6 Å². The van der Waals surface area contributed by atoms with Gasteiger partial charge in [0.2, 0.25) is 0 Å². The molecule has 0 aliphatic carbocycles. The van der Waals surface area contributed by atoms with Gasteiger partial charge in [0.25, 0.3) is 10.1 Å². The van der Waals surface area contributed by atoms with Crippen molar-refractivity contribution in [2.24, 2.45) is 11.5 Å². The summed E-state index contributed by atoms with van der Waals surface area (Å²) < 4.78 is 49.8. The van der Waals surface area contributed by atoms with Crippen molar-refractivity contribution in [1.29, 1.82) is 0 Å². The normalized spacial score (nSPS) is 22.6. The topological polar surface area (TPSA) is 185 Å². The number of thioether (sulfide) groups is 1. The van der Waals surface area contributed by atoms with Gasteiger partial charge in [0.05, 0.1) is 17.7 Å². The van der Waals surface area contributed by atoms with E-state index in [2.05, 4.69) is 5.09 Å². The molecule has 186 valence electrons. The lowest BCUT2D eigenvalue weighted by molar-refractivity contribution is -0.138. The number of hydrogen-bond donors (Lipinski definition) is 5. The SMILES string of the molecule is NCCCCC(N)C(=O)O.O=P1(N(CCCl)CCCl)NC(SCCS(=O)(=O)O)CCO1. The smallest absolute Gasteiger partial charge is 0.344 e. The predicted octanol–water partition coefficient (Wildman–Crippen LogP) is 1.36. The van der Waals surface area contributed by atoms with Crippen LogP contribution < -0.4 is 16.6 Å². The predicted molar refractivity (Wildman–Crippen MR) is 126 cm³/mol. The molecule has 3 unspecified atom stereocenters. The molecule has 0 bridgehead atoms. The van der Waals surface area contributed by atoms with Gasteiger partial charge < -0.3 is 21.1 Å². The van der Waals surface area contributed by atoms with Crippen LogP contribution >= 0.6 is 42.6 Å². The van der Waals surface area contributed by atoms with Crippen molar-refractivity contribution in [2.45, 2.75) is 37.1 Å². The Morgan fingerprint density at radius 1 is 1.32 bits per heavy atom. The van der Waals surface area contributed by atoms with Crippen molar-refractivity contribution in [1.82, 2.24) is 9.76 Å². The maximum absolute atomic E-state index is 12.8. The number of carboxylic acid groups (broad SMARTS) is 1. The Bertz CT molecular complexity index is 657. The van der Waals surface area contributed by atoms with Gasteiger partial charge in [-0.2, -0.15) is 8.42 Å². The first-order valence-electron chi connectivity index (χ1n) is 9.64. The summed E-state index contributed by atoms with van der Waals surface area (Å²) in [6.45, 7) is 1.66. The quantitative estimate of drug-likeness (QED) is 0.0912. The fourth-order valence-electron chi connectivity index (χ4n) is 2.35. The number of unbranched alkanes of at least 4 members (excludes halogenated alkanes) is 1. The molecule has 0 spiro atoms. The van der Waals surface area contributed by atoms with Crippen LogP contribution in [0.25, 0.3) is 0 Å². The van der Waals surface area contributed by atoms with Gasteiger partial charge >= 0.3 is 13.6 Å². The fourth-order valence-corrected chi connectivity index (χ4v) is 7.44. The summed E-state index contributed by atoms with van der Waals surface area (Å²) in [5.41, 5.74) is 10.4. The first-order chi connectivity index (χ1) is 14.5. The molecule has 1 rings (SSSR count). The first-order valence-corrected chi connectivity index (χ1v) is 14.9. The Morgan fingerprint density at radius 2 is 1.94 bits per heavy atom. The number of nitrogens with zero attached hydrogens (tertiary/aromatic N) is 1. The van der Waals surface area contributed by atoms with Gasteiger partial charge in [0, 0.05) is 30.6 Å². The van der Waals surface area contributed by atoms with Crippen LogP contribution in [0.1, 0.15) is 25.7 Å². The Labute approximate surface area is 198 Å². The molecule has 0 aromatic rings. The number of carbonyl (C=O) groups is 1. The van der Waals surface area contributed by atoms with Gasteiger partial charge in [0.1, 0.15) is 6.04 Å². The van der Waals surface area contributed by atoms with Crippen molar-refractivity contribution in [3.8, 4) is 0 Å². The van der Waals surface area contributed by atoms with Crippen LogP contribution in [0, 0.1) is 0 Å². The summed E-state index contributed by atoms with van der Waals surface area (Å²) >= 11 is 12.7. The fraction of sp³-hybridized carbons (Fsp3) is 0.933. The van der Waals surface area contributed by atoms with Gasteiger partial charge in [-0.15, -0.1) is 35.0 Å². The van der Waals surface area contributed by atoms with E-state index in [0.717, 1.165) is 12.8 Å². The Hall–Kier alpha value is 0.340. The van der Waals surface area contributed by atoms with Gasteiger partial charge in [-0.1, -0.05) is 6.42 Å². The molecule has 1 aliphatic heterocycles. The first kappa shape index (κ1) is 31.3. The second-order valence-corrected chi connectivity index (χ2v) is 12.2. The molecule has 1 heterocycles. The number of rotatable bonds is 14. The standard InChI is InChI=1S/C9H19Cl2N2O5PS2.C6H14N2O2/c10-2-4-13(5-3-11)19(14)12-9(1-6-18-19)20-7-8-21(15,16)17;7-4-2-1-3-5(8)6(9)10/h9H,1-8H2,(H,12,14)(H,15,16,17);5H,1-4,7-8H2,(H,9,10). The van der Waals surface area contributed by atoms with E-state index in [-0.39, 0.29) is 16.9 Å². The molecule has 1 fully saturated rings. The summed E-state index contributed by atoms with van der Waals surface area (Å²) in [6, 6.07) is -0.716. The van der Waals surface area contributed by atoms with Crippen molar-refractivity contribution >= 4 is 58.7 Å².